The molecule has 9 heteroatoms. The molecule has 6 rings (SSSR count). The van der Waals surface area contributed by atoms with Gasteiger partial charge in [0.15, 0.2) is 5.89 Å². The zero-order chi connectivity index (χ0) is 23.9. The lowest BCUT2D eigenvalue weighted by atomic mass is 9.43. The van der Waals surface area contributed by atoms with Gasteiger partial charge in [-0.05, 0) is 61.8 Å². The van der Waals surface area contributed by atoms with Crippen molar-refractivity contribution in [3.63, 3.8) is 0 Å². The summed E-state index contributed by atoms with van der Waals surface area (Å²) in [5.74, 6) is 1.10. The number of nitrogens with one attached hydrogen (secondary N) is 1. The molecular weight excluding hydrogens is 465 g/mol. The van der Waals surface area contributed by atoms with Crippen molar-refractivity contribution < 1.29 is 18.5 Å². The number of hydrogen-bond acceptors (Lipinski definition) is 6. The molecule has 190 valence electrons. The van der Waals surface area contributed by atoms with E-state index in [9.17, 15) is 4.79 Å². The van der Waals surface area contributed by atoms with Crippen molar-refractivity contribution in [2.75, 3.05) is 0 Å². The first kappa shape index (κ1) is 26.2. The lowest BCUT2D eigenvalue weighted by Crippen LogP contribution is -2.65. The lowest BCUT2D eigenvalue weighted by molar-refractivity contribution is -0.199. The minimum Gasteiger partial charge on any atom is -0.449 e. The van der Waals surface area contributed by atoms with E-state index < -0.39 is 13.2 Å². The summed E-state index contributed by atoms with van der Waals surface area (Å²) in [5.41, 5.74) is 7.43. The second kappa shape index (κ2) is 10.2. The number of rotatable bonds is 9. The van der Waals surface area contributed by atoms with Gasteiger partial charge in [0.2, 0.25) is 5.91 Å². The number of aryl methyl sites for hydroxylation is 1. The van der Waals surface area contributed by atoms with Crippen molar-refractivity contribution >= 4 is 25.4 Å². The van der Waals surface area contributed by atoms with Gasteiger partial charge in [-0.1, -0.05) is 44.2 Å². The number of nitrogens with zero attached hydrogens (tertiary/aromatic N) is 1. The highest BCUT2D eigenvalue weighted by Gasteiger charge is 2.68. The van der Waals surface area contributed by atoms with E-state index in [0.29, 0.717) is 17.7 Å². The molecule has 6 atom stereocenters. The Bertz CT molecular complexity index is 992. The summed E-state index contributed by atoms with van der Waals surface area (Å²) in [7, 11) is -0.473. The normalized spacial score (nSPS) is 29.9. The first-order valence-corrected chi connectivity index (χ1v) is 12.6. The van der Waals surface area contributed by atoms with Gasteiger partial charge in [-0.25, -0.2) is 4.98 Å². The Hall–Kier alpha value is -1.87. The first-order chi connectivity index (χ1) is 16.3. The number of carbonyl (C=O) groups excluding carboxylic acids is 1. The Kier molecular flexibility index (Phi) is 7.67. The third kappa shape index (κ3) is 5.03. The van der Waals surface area contributed by atoms with E-state index in [2.05, 4.69) is 55.3 Å². The molecule has 3 saturated carbocycles. The number of halogens is 1. The molecule has 1 aromatic heterocycles. The summed E-state index contributed by atoms with van der Waals surface area (Å²) in [6, 6.07) is 9.65. The first-order valence-electron chi connectivity index (χ1n) is 12.6. The molecule has 2 bridgehead atoms. The van der Waals surface area contributed by atoms with Crippen LogP contribution in [0.15, 0.2) is 47.2 Å². The van der Waals surface area contributed by atoms with Crippen LogP contribution < -0.4 is 11.1 Å². The maximum absolute atomic E-state index is 13.0. The number of benzene rings is 1. The summed E-state index contributed by atoms with van der Waals surface area (Å²) in [4.78, 5) is 17.1. The highest BCUT2D eigenvalue weighted by atomic mass is 35.5. The third-order valence-electron chi connectivity index (χ3n) is 8.66. The summed E-state index contributed by atoms with van der Waals surface area (Å²) in [6.07, 6.45) is 8.17. The lowest BCUT2D eigenvalue weighted by Gasteiger charge is -2.64. The van der Waals surface area contributed by atoms with E-state index in [1.807, 2.05) is 6.07 Å². The standard InChI is InChI=1S/C26H36BN3O4.ClH/c1-25(2)18-14-20(25)26(3)21(15-18)33-27(34-26)22(11-7-10-17-8-5-4-6-9-17)30-24(31)19(28)16-23-29-12-13-32-23;/h4-6,8-9,12-13,18-22H,7,10-11,14-16,28H2,1-3H3,(H,30,31);1H/t18-,19?,20-,21+,22-,26-;/m0./s1. The number of carbonyl (C=O) groups is 1. The quantitative estimate of drug-likeness (QED) is 0.508. The van der Waals surface area contributed by atoms with E-state index in [-0.39, 0.29) is 47.8 Å². The van der Waals surface area contributed by atoms with Crippen molar-refractivity contribution in [2.24, 2.45) is 23.0 Å². The maximum Gasteiger partial charge on any atom is 0.481 e. The topological polar surface area (TPSA) is 99.6 Å². The number of aromatic nitrogens is 1. The Balaban J connectivity index is 0.00000289. The van der Waals surface area contributed by atoms with Gasteiger partial charge in [0.25, 0.3) is 0 Å². The summed E-state index contributed by atoms with van der Waals surface area (Å²) >= 11 is 0. The largest absolute Gasteiger partial charge is 0.481 e. The van der Waals surface area contributed by atoms with E-state index in [1.54, 1.807) is 6.20 Å². The second-order valence-electron chi connectivity index (χ2n) is 11.1. The van der Waals surface area contributed by atoms with Gasteiger partial charge >= 0.3 is 7.12 Å². The number of oxazole rings is 1. The third-order valence-corrected chi connectivity index (χ3v) is 8.66. The molecule has 0 spiro atoms. The molecule has 3 aliphatic carbocycles. The number of nitrogens with two attached hydrogens (primary N) is 1. The molecule has 2 aromatic rings. The van der Waals surface area contributed by atoms with Crippen molar-refractivity contribution in [1.82, 2.24) is 10.3 Å². The van der Waals surface area contributed by atoms with Gasteiger partial charge < -0.3 is 24.8 Å². The van der Waals surface area contributed by atoms with Gasteiger partial charge in [-0.15, -0.1) is 12.4 Å². The molecule has 1 aliphatic heterocycles. The summed E-state index contributed by atoms with van der Waals surface area (Å²) < 4.78 is 18.5. The predicted octanol–water partition coefficient (Wildman–Crippen LogP) is 3.74. The Labute approximate surface area is 214 Å². The molecule has 35 heavy (non-hydrogen) atoms. The van der Waals surface area contributed by atoms with E-state index in [4.69, 9.17) is 19.5 Å². The van der Waals surface area contributed by atoms with E-state index >= 15 is 0 Å². The second-order valence-corrected chi connectivity index (χ2v) is 11.1. The van der Waals surface area contributed by atoms with Crippen molar-refractivity contribution in [3.05, 3.63) is 54.2 Å². The molecule has 1 aromatic carbocycles. The molecule has 7 nitrogen and oxygen atoms in total. The SMILES string of the molecule is CC1(C)[C@@H]2C[C@H]3OB([C@H](CCCc4ccccc4)NC(=O)C(N)Cc4ncco4)O[C@@]3(C)[C@H]1C2.Cl. The maximum atomic E-state index is 13.0. The zero-order valence-electron chi connectivity index (χ0n) is 20.8. The fraction of sp³-hybridized carbons (Fsp3) is 0.615. The zero-order valence-corrected chi connectivity index (χ0v) is 21.6. The fourth-order valence-corrected chi connectivity index (χ4v) is 6.44. The molecule has 1 amide bonds. The van der Waals surface area contributed by atoms with Crippen molar-refractivity contribution in [3.8, 4) is 0 Å². The molecule has 4 fully saturated rings. The number of hydrogen-bond donors (Lipinski definition) is 2. The Morgan fingerprint density at radius 1 is 1.26 bits per heavy atom. The van der Waals surface area contributed by atoms with Gasteiger partial charge in [0.05, 0.1) is 29.9 Å². The van der Waals surface area contributed by atoms with Crippen LogP contribution in [0.25, 0.3) is 0 Å². The molecule has 1 unspecified atom stereocenters. The molecule has 3 N–H and O–H groups in total. The predicted molar refractivity (Wildman–Crippen MR) is 137 cm³/mol. The van der Waals surface area contributed by atoms with Gasteiger partial charge in [-0.2, -0.15) is 0 Å². The van der Waals surface area contributed by atoms with E-state index in [1.165, 1.54) is 18.2 Å². The van der Waals surface area contributed by atoms with Gasteiger partial charge in [-0.3, -0.25) is 4.79 Å². The van der Waals surface area contributed by atoms with Crippen LogP contribution in [-0.2, 0) is 26.9 Å². The van der Waals surface area contributed by atoms with Gasteiger partial charge in [0.1, 0.15) is 6.26 Å². The fourth-order valence-electron chi connectivity index (χ4n) is 6.44. The average Bonchev–Trinajstić information content (AvgIpc) is 3.45. The molecule has 0 radical (unpaired) electrons. The van der Waals surface area contributed by atoms with Gasteiger partial charge in [0, 0.05) is 6.42 Å². The molecule has 4 aliphatic rings. The summed E-state index contributed by atoms with van der Waals surface area (Å²) in [6.45, 7) is 6.91. The highest BCUT2D eigenvalue weighted by molar-refractivity contribution is 6.47. The van der Waals surface area contributed by atoms with Crippen LogP contribution in [0.2, 0.25) is 0 Å². The molecular formula is C26H37BClN3O4. The van der Waals surface area contributed by atoms with Crippen molar-refractivity contribution in [1.29, 1.82) is 0 Å². The van der Waals surface area contributed by atoms with Crippen LogP contribution in [0.1, 0.15) is 57.9 Å². The minimum atomic E-state index is -0.749. The summed E-state index contributed by atoms with van der Waals surface area (Å²) in [5, 5.41) is 3.15. The smallest absolute Gasteiger partial charge is 0.449 e. The number of amides is 1. The average molecular weight is 502 g/mol. The Morgan fingerprint density at radius 2 is 2.03 bits per heavy atom. The molecule has 2 heterocycles. The Morgan fingerprint density at radius 3 is 2.71 bits per heavy atom. The molecule has 1 saturated heterocycles. The van der Waals surface area contributed by atoms with Crippen LogP contribution in [0.5, 0.6) is 0 Å². The van der Waals surface area contributed by atoms with Crippen LogP contribution in [0, 0.1) is 17.3 Å². The van der Waals surface area contributed by atoms with Crippen molar-refractivity contribution in [2.45, 2.75) is 83.0 Å². The van der Waals surface area contributed by atoms with Crippen LogP contribution in [-0.4, -0.2) is 41.7 Å². The van der Waals surface area contributed by atoms with Crippen LogP contribution in [0.3, 0.4) is 0 Å². The van der Waals surface area contributed by atoms with Crippen LogP contribution in [0.4, 0.5) is 0 Å². The van der Waals surface area contributed by atoms with Crippen LogP contribution >= 0.6 is 12.4 Å². The minimum absolute atomic E-state index is 0. The van der Waals surface area contributed by atoms with E-state index in [0.717, 1.165) is 25.7 Å². The highest BCUT2D eigenvalue weighted by Crippen LogP contribution is 2.65. The monoisotopic (exact) mass is 501 g/mol.